The SMILES string of the molecule is COC(=O)C(Cc1cc(-c2ccc(OCc3ccccc3)c(CC(N)C(=O)Oc3c(F)c(F)c(F)c(F)c3F)c2)ccc1F)N(C)C(=O)[C@@H](N)CCCN. The van der Waals surface area contributed by atoms with Crippen molar-refractivity contribution in [1.82, 2.24) is 4.90 Å². The largest absolute Gasteiger partial charge is 0.489 e. The second kappa shape index (κ2) is 18.5. The van der Waals surface area contributed by atoms with Crippen molar-refractivity contribution in [2.75, 3.05) is 20.7 Å². The number of carbonyl (C=O) groups is 3. The standard InChI is InChI=1S/C38H38F6N4O6/c1-48(36(49)26(46)9-6-14-45)28(38(51)52-2)18-23-15-21(10-12-25(23)39)22-11-13-29(53-19-20-7-4-3-5-8-20)24(16-22)17-27(47)37(50)54-35-33(43)31(41)30(40)32(42)34(35)44/h3-5,7-8,10-13,15-16,26-28H,6,9,14,17-19,45-47H2,1-2H3/t26-,27?,28?/m0/s1. The van der Waals surface area contributed by atoms with Crippen LogP contribution in [-0.4, -0.2) is 61.6 Å². The summed E-state index contributed by atoms with van der Waals surface area (Å²) in [5, 5.41) is 0. The topological polar surface area (TPSA) is 160 Å². The summed E-state index contributed by atoms with van der Waals surface area (Å²) in [5.41, 5.74) is 19.5. The number of benzene rings is 4. The monoisotopic (exact) mass is 760 g/mol. The maximum atomic E-state index is 15.3. The van der Waals surface area contributed by atoms with Crippen molar-refractivity contribution in [3.63, 3.8) is 0 Å². The van der Waals surface area contributed by atoms with Gasteiger partial charge >= 0.3 is 11.9 Å². The van der Waals surface area contributed by atoms with Gasteiger partial charge in [0.1, 0.15) is 30.3 Å². The van der Waals surface area contributed by atoms with Gasteiger partial charge in [0, 0.05) is 19.9 Å². The molecule has 4 aromatic rings. The first-order valence-electron chi connectivity index (χ1n) is 16.6. The molecular weight excluding hydrogens is 722 g/mol. The first-order chi connectivity index (χ1) is 25.7. The van der Waals surface area contributed by atoms with E-state index in [4.69, 9.17) is 26.7 Å². The summed E-state index contributed by atoms with van der Waals surface area (Å²) >= 11 is 0. The summed E-state index contributed by atoms with van der Waals surface area (Å²) in [7, 11) is 2.48. The van der Waals surface area contributed by atoms with E-state index in [0.717, 1.165) is 23.6 Å². The van der Waals surface area contributed by atoms with E-state index in [1.165, 1.54) is 31.3 Å². The normalized spacial score (nSPS) is 12.8. The number of nitrogens with two attached hydrogens (primary N) is 3. The lowest BCUT2D eigenvalue weighted by Gasteiger charge is -2.28. The Morgan fingerprint density at radius 3 is 1.94 bits per heavy atom. The van der Waals surface area contributed by atoms with Crippen LogP contribution in [0.25, 0.3) is 11.1 Å². The summed E-state index contributed by atoms with van der Waals surface area (Å²) in [6.45, 7) is 0.370. The van der Waals surface area contributed by atoms with Crippen LogP contribution in [0, 0.1) is 34.9 Å². The van der Waals surface area contributed by atoms with Gasteiger partial charge in [-0.15, -0.1) is 0 Å². The predicted molar refractivity (Wildman–Crippen MR) is 185 cm³/mol. The number of esters is 2. The molecule has 288 valence electrons. The Morgan fingerprint density at radius 1 is 0.741 bits per heavy atom. The Labute approximate surface area is 306 Å². The van der Waals surface area contributed by atoms with Crippen LogP contribution in [0.4, 0.5) is 26.3 Å². The van der Waals surface area contributed by atoms with Crippen molar-refractivity contribution in [3.05, 3.63) is 118 Å². The van der Waals surface area contributed by atoms with E-state index in [1.54, 1.807) is 36.4 Å². The third-order valence-electron chi connectivity index (χ3n) is 8.53. The second-order valence-electron chi connectivity index (χ2n) is 12.3. The summed E-state index contributed by atoms with van der Waals surface area (Å²) in [6.07, 6.45) is 0.0266. The minimum Gasteiger partial charge on any atom is -0.489 e. The highest BCUT2D eigenvalue weighted by atomic mass is 19.2. The average molecular weight is 761 g/mol. The van der Waals surface area contributed by atoms with E-state index in [1.807, 2.05) is 0 Å². The fraction of sp³-hybridized carbons (Fsp3) is 0.289. The summed E-state index contributed by atoms with van der Waals surface area (Å²) < 4.78 is 100. The molecule has 6 N–H and O–H groups in total. The molecule has 0 aliphatic rings. The zero-order valence-corrected chi connectivity index (χ0v) is 29.2. The van der Waals surface area contributed by atoms with E-state index < -0.39 is 83.0 Å². The smallest absolute Gasteiger partial charge is 0.328 e. The molecular formula is C38H38F6N4O6. The Bertz CT molecular complexity index is 1960. The number of hydrogen-bond donors (Lipinski definition) is 3. The molecule has 0 aliphatic heterocycles. The number of likely N-dealkylation sites (N-methyl/N-ethyl adjacent to an activating group) is 1. The first kappa shape index (κ1) is 41.3. The van der Waals surface area contributed by atoms with E-state index in [-0.39, 0.29) is 36.3 Å². The molecule has 1 amide bonds. The maximum absolute atomic E-state index is 15.3. The molecule has 54 heavy (non-hydrogen) atoms. The van der Waals surface area contributed by atoms with Crippen molar-refractivity contribution in [3.8, 4) is 22.6 Å². The van der Waals surface area contributed by atoms with Crippen molar-refractivity contribution in [2.24, 2.45) is 17.2 Å². The van der Waals surface area contributed by atoms with Gasteiger partial charge in [-0.25, -0.2) is 27.2 Å². The van der Waals surface area contributed by atoms with Gasteiger partial charge in [0.05, 0.1) is 13.2 Å². The zero-order valence-electron chi connectivity index (χ0n) is 29.2. The quantitative estimate of drug-likeness (QED) is 0.0477. The van der Waals surface area contributed by atoms with Crippen LogP contribution in [0.1, 0.15) is 29.5 Å². The van der Waals surface area contributed by atoms with Gasteiger partial charge in [-0.1, -0.05) is 42.5 Å². The molecule has 0 spiro atoms. The molecule has 0 aromatic heterocycles. The van der Waals surface area contributed by atoms with Crippen molar-refractivity contribution in [2.45, 2.75) is 50.4 Å². The number of amides is 1. The third-order valence-corrected chi connectivity index (χ3v) is 8.53. The van der Waals surface area contributed by atoms with Crippen LogP contribution in [0.5, 0.6) is 11.5 Å². The number of carbonyl (C=O) groups excluding carboxylic acids is 3. The first-order valence-corrected chi connectivity index (χ1v) is 16.6. The Morgan fingerprint density at radius 2 is 1.33 bits per heavy atom. The lowest BCUT2D eigenvalue weighted by Crippen LogP contribution is -2.50. The molecule has 0 radical (unpaired) electrons. The van der Waals surface area contributed by atoms with Gasteiger partial charge in [-0.05, 0) is 71.5 Å². The number of hydrogen-bond acceptors (Lipinski definition) is 9. The molecule has 0 saturated heterocycles. The van der Waals surface area contributed by atoms with Crippen LogP contribution >= 0.6 is 0 Å². The number of ether oxygens (including phenoxy) is 3. The highest BCUT2D eigenvalue weighted by Crippen LogP contribution is 2.32. The molecule has 16 heteroatoms. The van der Waals surface area contributed by atoms with Gasteiger partial charge in [-0.3, -0.25) is 4.79 Å². The Balaban J connectivity index is 1.66. The molecule has 4 aromatic carbocycles. The lowest BCUT2D eigenvalue weighted by atomic mass is 9.95. The zero-order chi connectivity index (χ0) is 39.7. The average Bonchev–Trinajstić information content (AvgIpc) is 3.18. The van der Waals surface area contributed by atoms with Crippen molar-refractivity contribution in [1.29, 1.82) is 0 Å². The molecule has 3 atom stereocenters. The highest BCUT2D eigenvalue weighted by Gasteiger charge is 2.32. The molecule has 0 bridgehead atoms. The van der Waals surface area contributed by atoms with Crippen LogP contribution in [0.2, 0.25) is 0 Å². The third kappa shape index (κ3) is 9.75. The molecule has 4 rings (SSSR count). The van der Waals surface area contributed by atoms with Crippen LogP contribution < -0.4 is 26.7 Å². The lowest BCUT2D eigenvalue weighted by molar-refractivity contribution is -0.152. The number of nitrogens with zero attached hydrogens (tertiary/aromatic N) is 1. The summed E-state index contributed by atoms with van der Waals surface area (Å²) in [5.74, 6) is -16.9. The fourth-order valence-corrected chi connectivity index (χ4v) is 5.48. The minimum atomic E-state index is -2.43. The second-order valence-corrected chi connectivity index (χ2v) is 12.3. The van der Waals surface area contributed by atoms with Crippen molar-refractivity contribution >= 4 is 17.8 Å². The Hall–Kier alpha value is -5.45. The van der Waals surface area contributed by atoms with Gasteiger partial charge < -0.3 is 36.3 Å². The van der Waals surface area contributed by atoms with E-state index in [2.05, 4.69) is 4.74 Å². The van der Waals surface area contributed by atoms with Gasteiger partial charge in [0.15, 0.2) is 0 Å². The molecule has 0 aliphatic carbocycles. The van der Waals surface area contributed by atoms with Gasteiger partial charge in [0.25, 0.3) is 0 Å². The van der Waals surface area contributed by atoms with Crippen LogP contribution in [0.3, 0.4) is 0 Å². The Kier molecular flexibility index (Phi) is 14.2. The van der Waals surface area contributed by atoms with Gasteiger partial charge in [0.2, 0.25) is 40.7 Å². The summed E-state index contributed by atoms with van der Waals surface area (Å²) in [4.78, 5) is 39.8. The van der Waals surface area contributed by atoms with Crippen LogP contribution in [0.15, 0.2) is 66.7 Å². The fourth-order valence-electron chi connectivity index (χ4n) is 5.48. The predicted octanol–water partition coefficient (Wildman–Crippen LogP) is 4.85. The number of rotatable bonds is 16. The van der Waals surface area contributed by atoms with E-state index in [9.17, 15) is 36.3 Å². The highest BCUT2D eigenvalue weighted by molar-refractivity contribution is 5.87. The molecule has 2 unspecified atom stereocenters. The van der Waals surface area contributed by atoms with Crippen LogP contribution in [-0.2, 0) is 38.6 Å². The summed E-state index contributed by atoms with van der Waals surface area (Å²) in [6, 6.07) is 13.8. The minimum absolute atomic E-state index is 0.0344. The number of methoxy groups -OCH3 is 1. The molecule has 0 heterocycles. The molecule has 0 fully saturated rings. The van der Waals surface area contributed by atoms with Gasteiger partial charge in [-0.2, -0.15) is 8.78 Å². The number of halogens is 6. The molecule has 10 nitrogen and oxygen atoms in total. The van der Waals surface area contributed by atoms with E-state index >= 15 is 4.39 Å². The van der Waals surface area contributed by atoms with Crippen molar-refractivity contribution < 1.29 is 54.9 Å². The van der Waals surface area contributed by atoms with E-state index in [0.29, 0.717) is 24.1 Å². The molecule has 0 saturated carbocycles. The maximum Gasteiger partial charge on any atom is 0.328 e.